The number of hydrogen-bond acceptors (Lipinski definition) is 3. The second-order valence-corrected chi connectivity index (χ2v) is 5.52. The zero-order valence-electron chi connectivity index (χ0n) is 11.2. The molecule has 0 spiro atoms. The Hall–Kier alpha value is -1.13. The van der Waals surface area contributed by atoms with Crippen LogP contribution in [-0.2, 0) is 11.2 Å². The fourth-order valence-corrected chi connectivity index (χ4v) is 2.83. The van der Waals surface area contributed by atoms with Crippen molar-refractivity contribution in [3.05, 3.63) is 29.6 Å². The van der Waals surface area contributed by atoms with E-state index in [4.69, 9.17) is 9.47 Å². The number of benzene rings is 1. The molecule has 0 aromatic heterocycles. The lowest BCUT2D eigenvalue weighted by Gasteiger charge is -2.21. The monoisotopic (exact) mass is 265 g/mol. The third-order valence-electron chi connectivity index (χ3n) is 4.10. The van der Waals surface area contributed by atoms with Crippen molar-refractivity contribution < 1.29 is 13.9 Å². The predicted octanol–water partition coefficient (Wildman–Crippen LogP) is 2.14. The summed E-state index contributed by atoms with van der Waals surface area (Å²) in [4.78, 5) is 0. The van der Waals surface area contributed by atoms with Gasteiger partial charge in [-0.1, -0.05) is 0 Å². The van der Waals surface area contributed by atoms with E-state index in [1.165, 1.54) is 6.07 Å². The van der Waals surface area contributed by atoms with E-state index in [-0.39, 0.29) is 11.9 Å². The Kier molecular flexibility index (Phi) is 3.71. The minimum Gasteiger partial charge on any atom is -0.488 e. The van der Waals surface area contributed by atoms with E-state index >= 15 is 0 Å². The molecular weight excluding hydrogens is 245 g/mol. The van der Waals surface area contributed by atoms with Crippen LogP contribution in [-0.4, -0.2) is 31.9 Å². The molecule has 3 unspecified atom stereocenters. The molecule has 0 radical (unpaired) electrons. The third kappa shape index (κ3) is 2.90. The highest BCUT2D eigenvalue weighted by Crippen LogP contribution is 2.29. The minimum atomic E-state index is -0.188. The minimum absolute atomic E-state index is 0.113. The molecule has 3 rings (SSSR count). The average molecular weight is 265 g/mol. The standard InChI is InChI=1S/C15H20FNO2/c1-10(11-4-5-18-9-11)17-8-14-7-12-6-13(16)2-3-15(12)19-14/h2-3,6,10-11,14,17H,4-5,7-9H2,1H3. The molecule has 0 bridgehead atoms. The Labute approximate surface area is 113 Å². The smallest absolute Gasteiger partial charge is 0.123 e. The van der Waals surface area contributed by atoms with Crippen LogP contribution in [0.2, 0.25) is 0 Å². The molecule has 1 N–H and O–H groups in total. The summed E-state index contributed by atoms with van der Waals surface area (Å²) in [6, 6.07) is 5.18. The predicted molar refractivity (Wildman–Crippen MR) is 70.9 cm³/mol. The summed E-state index contributed by atoms with van der Waals surface area (Å²) in [5.74, 6) is 1.23. The van der Waals surface area contributed by atoms with Crippen LogP contribution in [0.1, 0.15) is 18.9 Å². The molecule has 19 heavy (non-hydrogen) atoms. The van der Waals surface area contributed by atoms with Gasteiger partial charge in [-0.3, -0.25) is 0 Å². The van der Waals surface area contributed by atoms with E-state index < -0.39 is 0 Å². The molecule has 0 amide bonds. The maximum atomic E-state index is 13.1. The van der Waals surface area contributed by atoms with Gasteiger partial charge in [-0.05, 0) is 37.5 Å². The van der Waals surface area contributed by atoms with Crippen molar-refractivity contribution in [3.63, 3.8) is 0 Å². The summed E-state index contributed by atoms with van der Waals surface area (Å²) in [6.07, 6.45) is 2.03. The highest BCUT2D eigenvalue weighted by molar-refractivity contribution is 5.37. The van der Waals surface area contributed by atoms with Crippen LogP contribution >= 0.6 is 0 Å². The number of fused-ring (bicyclic) bond motifs is 1. The molecule has 3 atom stereocenters. The summed E-state index contributed by atoms with van der Waals surface area (Å²) in [5.41, 5.74) is 0.976. The van der Waals surface area contributed by atoms with Crippen molar-refractivity contribution >= 4 is 0 Å². The van der Waals surface area contributed by atoms with E-state index in [9.17, 15) is 4.39 Å². The van der Waals surface area contributed by atoms with Gasteiger partial charge in [0.05, 0.1) is 6.61 Å². The fraction of sp³-hybridized carbons (Fsp3) is 0.600. The van der Waals surface area contributed by atoms with E-state index in [0.717, 1.165) is 43.9 Å². The summed E-state index contributed by atoms with van der Waals surface area (Å²) in [6.45, 7) is 4.72. The molecule has 104 valence electrons. The quantitative estimate of drug-likeness (QED) is 0.905. The molecule has 2 aliphatic rings. The molecule has 1 aromatic carbocycles. The molecule has 4 heteroatoms. The molecule has 2 heterocycles. The molecule has 1 saturated heterocycles. The first-order valence-electron chi connectivity index (χ1n) is 6.98. The molecule has 1 fully saturated rings. The van der Waals surface area contributed by atoms with Crippen LogP contribution in [0.5, 0.6) is 5.75 Å². The number of rotatable bonds is 4. The Morgan fingerprint density at radius 3 is 3.16 bits per heavy atom. The molecule has 0 saturated carbocycles. The van der Waals surface area contributed by atoms with Crippen LogP contribution in [0, 0.1) is 11.7 Å². The number of nitrogens with one attached hydrogen (secondary N) is 1. The summed E-state index contributed by atoms with van der Waals surface area (Å²) < 4.78 is 24.3. The van der Waals surface area contributed by atoms with Crippen LogP contribution in [0.3, 0.4) is 0 Å². The number of halogens is 1. The Morgan fingerprint density at radius 1 is 1.47 bits per heavy atom. The summed E-state index contributed by atoms with van der Waals surface area (Å²) >= 11 is 0. The van der Waals surface area contributed by atoms with Crippen molar-refractivity contribution in [3.8, 4) is 5.75 Å². The number of ether oxygens (including phenoxy) is 2. The van der Waals surface area contributed by atoms with Crippen molar-refractivity contribution in [2.45, 2.75) is 31.9 Å². The maximum absolute atomic E-state index is 13.1. The van der Waals surface area contributed by atoms with Gasteiger partial charge in [0.2, 0.25) is 0 Å². The Balaban J connectivity index is 1.50. The van der Waals surface area contributed by atoms with Gasteiger partial charge in [0.25, 0.3) is 0 Å². The van der Waals surface area contributed by atoms with Gasteiger partial charge in [0.1, 0.15) is 17.7 Å². The SMILES string of the molecule is CC(NCC1Cc2cc(F)ccc2O1)C1CCOC1. The third-order valence-corrected chi connectivity index (χ3v) is 4.10. The topological polar surface area (TPSA) is 30.5 Å². The van der Waals surface area contributed by atoms with Crippen molar-refractivity contribution in [2.24, 2.45) is 5.92 Å². The van der Waals surface area contributed by atoms with Gasteiger partial charge in [-0.2, -0.15) is 0 Å². The van der Waals surface area contributed by atoms with Gasteiger partial charge in [0, 0.05) is 31.2 Å². The van der Waals surface area contributed by atoms with Crippen molar-refractivity contribution in [1.82, 2.24) is 5.32 Å². The normalized spacial score (nSPS) is 27.1. The van der Waals surface area contributed by atoms with E-state index in [1.54, 1.807) is 12.1 Å². The zero-order chi connectivity index (χ0) is 13.2. The molecule has 0 aliphatic carbocycles. The molecule has 2 aliphatic heterocycles. The van der Waals surface area contributed by atoms with E-state index in [2.05, 4.69) is 12.2 Å². The van der Waals surface area contributed by atoms with E-state index in [1.807, 2.05) is 0 Å². The maximum Gasteiger partial charge on any atom is 0.123 e. The van der Waals surface area contributed by atoms with Crippen LogP contribution in [0.25, 0.3) is 0 Å². The Morgan fingerprint density at radius 2 is 2.37 bits per heavy atom. The van der Waals surface area contributed by atoms with Crippen molar-refractivity contribution in [1.29, 1.82) is 0 Å². The van der Waals surface area contributed by atoms with Gasteiger partial charge in [-0.25, -0.2) is 4.39 Å². The van der Waals surface area contributed by atoms with Crippen LogP contribution in [0.4, 0.5) is 4.39 Å². The summed E-state index contributed by atoms with van der Waals surface area (Å²) in [7, 11) is 0. The highest BCUT2D eigenvalue weighted by Gasteiger charge is 2.26. The average Bonchev–Trinajstić information content (AvgIpc) is 3.04. The fourth-order valence-electron chi connectivity index (χ4n) is 2.83. The lowest BCUT2D eigenvalue weighted by Crippen LogP contribution is -2.40. The molecular formula is C15H20FNO2. The largest absolute Gasteiger partial charge is 0.488 e. The van der Waals surface area contributed by atoms with E-state index in [0.29, 0.717) is 12.0 Å². The van der Waals surface area contributed by atoms with Crippen LogP contribution < -0.4 is 10.1 Å². The lowest BCUT2D eigenvalue weighted by molar-refractivity contribution is 0.173. The van der Waals surface area contributed by atoms with Crippen LogP contribution in [0.15, 0.2) is 18.2 Å². The second kappa shape index (κ2) is 5.47. The van der Waals surface area contributed by atoms with Gasteiger partial charge < -0.3 is 14.8 Å². The van der Waals surface area contributed by atoms with Gasteiger partial charge >= 0.3 is 0 Å². The first kappa shape index (κ1) is 12.9. The first-order valence-corrected chi connectivity index (χ1v) is 6.98. The lowest BCUT2D eigenvalue weighted by atomic mass is 10.0. The first-order chi connectivity index (χ1) is 9.22. The molecule has 1 aromatic rings. The number of hydrogen-bond donors (Lipinski definition) is 1. The second-order valence-electron chi connectivity index (χ2n) is 5.52. The van der Waals surface area contributed by atoms with Gasteiger partial charge in [0.15, 0.2) is 0 Å². The zero-order valence-corrected chi connectivity index (χ0v) is 11.2. The molecule has 3 nitrogen and oxygen atoms in total. The van der Waals surface area contributed by atoms with Gasteiger partial charge in [-0.15, -0.1) is 0 Å². The summed E-state index contributed by atoms with van der Waals surface area (Å²) in [5, 5.41) is 3.52. The highest BCUT2D eigenvalue weighted by atomic mass is 19.1. The Bertz CT molecular complexity index is 446. The van der Waals surface area contributed by atoms with Crippen molar-refractivity contribution in [2.75, 3.05) is 19.8 Å².